The number of anilines is 1. The molecule has 0 aliphatic heterocycles. The van der Waals surface area contributed by atoms with Gasteiger partial charge >= 0.3 is 0 Å². The fourth-order valence-electron chi connectivity index (χ4n) is 1.83. The predicted octanol–water partition coefficient (Wildman–Crippen LogP) is 1.64. The summed E-state index contributed by atoms with van der Waals surface area (Å²) in [6.45, 7) is 0. The van der Waals surface area contributed by atoms with E-state index in [0.717, 1.165) is 23.7 Å². The quantitative estimate of drug-likeness (QED) is 0.712. The van der Waals surface area contributed by atoms with Gasteiger partial charge in [-0.1, -0.05) is 18.2 Å². The van der Waals surface area contributed by atoms with Gasteiger partial charge in [0, 0.05) is 16.9 Å². The fraction of sp³-hybridized carbons (Fsp3) is 0.250. The highest BCUT2D eigenvalue weighted by Crippen LogP contribution is 2.25. The lowest BCUT2D eigenvalue weighted by Gasteiger charge is -2.01. The topological polar surface area (TPSA) is 70.9 Å². The van der Waals surface area contributed by atoms with Gasteiger partial charge in [0.15, 0.2) is 0 Å². The third-order valence-corrected chi connectivity index (χ3v) is 2.89. The van der Waals surface area contributed by atoms with Crippen LogP contribution in [0.15, 0.2) is 24.3 Å². The SMILES string of the molecule is Nc1c(C(=O)NC2CC2)[nH]c2ccccc12. The van der Waals surface area contributed by atoms with Gasteiger partial charge in [-0.3, -0.25) is 4.79 Å². The van der Waals surface area contributed by atoms with Gasteiger partial charge in [-0.15, -0.1) is 0 Å². The van der Waals surface area contributed by atoms with Gasteiger partial charge in [0.1, 0.15) is 5.69 Å². The van der Waals surface area contributed by atoms with E-state index in [4.69, 9.17) is 5.73 Å². The number of aromatic nitrogens is 1. The van der Waals surface area contributed by atoms with Crippen LogP contribution < -0.4 is 11.1 Å². The molecule has 2 aromatic rings. The van der Waals surface area contributed by atoms with Crippen LogP contribution in [0.5, 0.6) is 0 Å². The summed E-state index contributed by atoms with van der Waals surface area (Å²) in [5, 5.41) is 3.83. The van der Waals surface area contributed by atoms with E-state index in [9.17, 15) is 4.79 Å². The zero-order valence-electron chi connectivity index (χ0n) is 8.79. The number of para-hydroxylation sites is 1. The number of H-pyrrole nitrogens is 1. The number of nitrogen functional groups attached to an aromatic ring is 1. The van der Waals surface area contributed by atoms with Crippen LogP contribution in [0.25, 0.3) is 10.9 Å². The van der Waals surface area contributed by atoms with Crippen LogP contribution >= 0.6 is 0 Å². The number of nitrogens with two attached hydrogens (primary N) is 1. The molecule has 0 atom stereocenters. The number of hydrogen-bond acceptors (Lipinski definition) is 2. The van der Waals surface area contributed by atoms with Crippen molar-refractivity contribution in [3.8, 4) is 0 Å². The van der Waals surface area contributed by atoms with Crippen molar-refractivity contribution in [2.45, 2.75) is 18.9 Å². The molecule has 1 amide bonds. The lowest BCUT2D eigenvalue weighted by atomic mass is 10.2. The highest BCUT2D eigenvalue weighted by atomic mass is 16.2. The standard InChI is InChI=1S/C12H13N3O/c13-10-8-3-1-2-4-9(8)15-11(10)12(16)14-7-5-6-7/h1-4,7,15H,5-6,13H2,(H,14,16). The highest BCUT2D eigenvalue weighted by molar-refractivity contribution is 6.07. The number of carbonyl (C=O) groups excluding carboxylic acids is 1. The molecule has 3 rings (SSSR count). The third kappa shape index (κ3) is 1.43. The Morgan fingerprint density at radius 3 is 2.81 bits per heavy atom. The molecule has 0 saturated heterocycles. The van der Waals surface area contributed by atoms with Crippen molar-refractivity contribution in [3.05, 3.63) is 30.0 Å². The molecule has 0 bridgehead atoms. The van der Waals surface area contributed by atoms with E-state index in [0.29, 0.717) is 17.4 Å². The zero-order chi connectivity index (χ0) is 11.1. The summed E-state index contributed by atoms with van der Waals surface area (Å²) in [7, 11) is 0. The van der Waals surface area contributed by atoms with E-state index in [1.807, 2.05) is 24.3 Å². The van der Waals surface area contributed by atoms with Gasteiger partial charge in [-0.2, -0.15) is 0 Å². The summed E-state index contributed by atoms with van der Waals surface area (Å²) < 4.78 is 0. The Morgan fingerprint density at radius 1 is 1.38 bits per heavy atom. The van der Waals surface area contributed by atoms with Crippen LogP contribution in [0.2, 0.25) is 0 Å². The normalized spacial score (nSPS) is 15.2. The Labute approximate surface area is 92.8 Å². The molecule has 0 spiro atoms. The molecular formula is C12H13N3O. The molecule has 4 heteroatoms. The molecule has 0 radical (unpaired) electrons. The minimum Gasteiger partial charge on any atom is -0.396 e. The van der Waals surface area contributed by atoms with Crippen molar-refractivity contribution in [3.63, 3.8) is 0 Å². The number of aromatic amines is 1. The lowest BCUT2D eigenvalue weighted by Crippen LogP contribution is -2.26. The second-order valence-corrected chi connectivity index (χ2v) is 4.21. The lowest BCUT2D eigenvalue weighted by molar-refractivity contribution is 0.0948. The van der Waals surface area contributed by atoms with Crippen LogP contribution in [0.3, 0.4) is 0 Å². The first kappa shape index (κ1) is 9.27. The van der Waals surface area contributed by atoms with Crippen LogP contribution in [-0.4, -0.2) is 16.9 Å². The number of nitrogens with one attached hydrogen (secondary N) is 2. The monoisotopic (exact) mass is 215 g/mol. The zero-order valence-corrected chi connectivity index (χ0v) is 8.79. The number of hydrogen-bond donors (Lipinski definition) is 3. The van der Waals surface area contributed by atoms with Crippen LogP contribution in [0, 0.1) is 0 Å². The maximum Gasteiger partial charge on any atom is 0.270 e. The van der Waals surface area contributed by atoms with Crippen molar-refractivity contribution < 1.29 is 4.79 Å². The van der Waals surface area contributed by atoms with Crippen LogP contribution in [-0.2, 0) is 0 Å². The molecule has 4 N–H and O–H groups in total. The first-order chi connectivity index (χ1) is 7.75. The van der Waals surface area contributed by atoms with Gasteiger partial charge in [-0.25, -0.2) is 0 Å². The molecule has 1 saturated carbocycles. The molecule has 1 aromatic heterocycles. The van der Waals surface area contributed by atoms with E-state index in [1.165, 1.54) is 0 Å². The number of rotatable bonds is 2. The van der Waals surface area contributed by atoms with E-state index < -0.39 is 0 Å². The van der Waals surface area contributed by atoms with E-state index in [1.54, 1.807) is 0 Å². The van der Waals surface area contributed by atoms with Crippen LogP contribution in [0.1, 0.15) is 23.3 Å². The maximum absolute atomic E-state index is 11.9. The molecule has 1 aromatic carbocycles. The summed E-state index contributed by atoms with van der Waals surface area (Å²) in [5.74, 6) is -0.101. The largest absolute Gasteiger partial charge is 0.396 e. The van der Waals surface area contributed by atoms with Crippen molar-refractivity contribution in [2.24, 2.45) is 0 Å². The van der Waals surface area contributed by atoms with Crippen molar-refractivity contribution in [2.75, 3.05) is 5.73 Å². The Kier molecular flexibility index (Phi) is 1.89. The fourth-order valence-corrected chi connectivity index (χ4v) is 1.83. The maximum atomic E-state index is 11.9. The Hall–Kier alpha value is -1.97. The van der Waals surface area contributed by atoms with E-state index >= 15 is 0 Å². The van der Waals surface area contributed by atoms with Gasteiger partial charge in [0.25, 0.3) is 5.91 Å². The summed E-state index contributed by atoms with van der Waals surface area (Å²) in [4.78, 5) is 14.9. The summed E-state index contributed by atoms with van der Waals surface area (Å²) in [6, 6.07) is 8.00. The summed E-state index contributed by atoms with van der Waals surface area (Å²) in [5.41, 5.74) is 7.86. The Bertz CT molecular complexity index is 554. The number of amides is 1. The van der Waals surface area contributed by atoms with Gasteiger partial charge < -0.3 is 16.0 Å². The number of fused-ring (bicyclic) bond motifs is 1. The highest BCUT2D eigenvalue weighted by Gasteiger charge is 2.25. The van der Waals surface area contributed by atoms with Gasteiger partial charge in [0.05, 0.1) is 5.69 Å². The third-order valence-electron chi connectivity index (χ3n) is 2.89. The summed E-state index contributed by atoms with van der Waals surface area (Å²) in [6.07, 6.45) is 2.15. The van der Waals surface area contributed by atoms with Crippen LogP contribution in [0.4, 0.5) is 5.69 Å². The van der Waals surface area contributed by atoms with Gasteiger partial charge in [0.2, 0.25) is 0 Å². The molecule has 1 fully saturated rings. The molecule has 1 aliphatic rings. The minimum absolute atomic E-state index is 0.101. The van der Waals surface area contributed by atoms with E-state index in [-0.39, 0.29) is 5.91 Å². The van der Waals surface area contributed by atoms with Crippen molar-refractivity contribution >= 4 is 22.5 Å². The second-order valence-electron chi connectivity index (χ2n) is 4.21. The number of benzene rings is 1. The molecule has 1 aliphatic carbocycles. The average Bonchev–Trinajstić information content (AvgIpc) is 3.03. The molecule has 16 heavy (non-hydrogen) atoms. The molecular weight excluding hydrogens is 202 g/mol. The van der Waals surface area contributed by atoms with Gasteiger partial charge in [-0.05, 0) is 18.9 Å². The Morgan fingerprint density at radius 2 is 2.12 bits per heavy atom. The smallest absolute Gasteiger partial charge is 0.270 e. The second kappa shape index (κ2) is 3.27. The number of carbonyl (C=O) groups is 1. The summed E-state index contributed by atoms with van der Waals surface area (Å²) >= 11 is 0. The molecule has 82 valence electrons. The minimum atomic E-state index is -0.101. The molecule has 0 unspecified atom stereocenters. The van der Waals surface area contributed by atoms with E-state index in [2.05, 4.69) is 10.3 Å². The first-order valence-corrected chi connectivity index (χ1v) is 5.43. The average molecular weight is 215 g/mol. The molecule has 4 nitrogen and oxygen atoms in total. The predicted molar refractivity (Wildman–Crippen MR) is 63.2 cm³/mol. The van der Waals surface area contributed by atoms with Crippen molar-refractivity contribution in [1.29, 1.82) is 0 Å². The Balaban J connectivity index is 2.02. The molecule has 1 heterocycles. The first-order valence-electron chi connectivity index (χ1n) is 5.43. The van der Waals surface area contributed by atoms with Crippen molar-refractivity contribution in [1.82, 2.24) is 10.3 Å².